The van der Waals surface area contributed by atoms with E-state index in [1.165, 1.54) is 6.92 Å². The van der Waals surface area contributed by atoms with Gasteiger partial charge in [-0.25, -0.2) is 14.8 Å². The lowest BCUT2D eigenvalue weighted by atomic mass is 10.0. The van der Waals surface area contributed by atoms with Gasteiger partial charge in [0.05, 0.1) is 12.8 Å². The number of nitrogens with one attached hydrogen (secondary N) is 1. The fourth-order valence-electron chi connectivity index (χ4n) is 4.17. The normalized spacial score (nSPS) is 14.2. The number of Topliss-reactive ketones (excluding diaryl/α,β-unsaturated/α-hetero) is 1. The number of ketones is 1. The number of nitrogens with zero attached hydrogens (tertiary/aromatic N) is 4. The minimum Gasteiger partial charge on any atom is -0.467 e. The van der Waals surface area contributed by atoms with E-state index in [-0.39, 0.29) is 17.9 Å². The number of furan rings is 1. The highest BCUT2D eigenvalue weighted by molar-refractivity contribution is 5.96. The minimum absolute atomic E-state index is 0.0354. The van der Waals surface area contributed by atoms with Gasteiger partial charge in [-0.2, -0.15) is 0 Å². The summed E-state index contributed by atoms with van der Waals surface area (Å²) in [7, 11) is 0. The van der Waals surface area contributed by atoms with E-state index in [2.05, 4.69) is 20.2 Å². The van der Waals surface area contributed by atoms with Gasteiger partial charge in [-0.3, -0.25) is 4.79 Å². The Morgan fingerprint density at radius 1 is 1.09 bits per heavy atom. The molecule has 0 unspecified atom stereocenters. The number of anilines is 2. The van der Waals surface area contributed by atoms with Crippen molar-refractivity contribution in [3.63, 3.8) is 0 Å². The van der Waals surface area contributed by atoms with Crippen LogP contribution in [0.5, 0.6) is 0 Å². The summed E-state index contributed by atoms with van der Waals surface area (Å²) in [6.07, 6.45) is 3.19. The van der Waals surface area contributed by atoms with E-state index in [0.717, 1.165) is 49.0 Å². The first-order valence-corrected chi connectivity index (χ1v) is 11.2. The molecule has 0 saturated carbocycles. The maximum Gasteiger partial charge on any atom is 0.322 e. The summed E-state index contributed by atoms with van der Waals surface area (Å²) in [6.45, 7) is 7.35. The van der Waals surface area contributed by atoms with E-state index in [1.807, 2.05) is 36.9 Å². The second-order valence-electron chi connectivity index (χ2n) is 8.44. The summed E-state index contributed by atoms with van der Waals surface area (Å²) in [5.74, 6) is 1.43. The lowest BCUT2D eigenvalue weighted by Gasteiger charge is -2.38. The van der Waals surface area contributed by atoms with Crippen LogP contribution in [0, 0.1) is 13.8 Å². The van der Waals surface area contributed by atoms with Crippen LogP contribution in [-0.2, 0) is 6.54 Å². The van der Waals surface area contributed by atoms with Gasteiger partial charge in [-0.15, -0.1) is 0 Å². The van der Waals surface area contributed by atoms with Gasteiger partial charge in [0.2, 0.25) is 5.95 Å². The SMILES string of the molecule is CC(=O)c1cccc(NC(=O)N(Cc2ccco2)C2CCN(c3nc(C)cc(C)n3)CC2)c1. The second kappa shape index (κ2) is 9.85. The second-order valence-corrected chi connectivity index (χ2v) is 8.44. The van der Waals surface area contributed by atoms with Gasteiger partial charge in [0.1, 0.15) is 5.76 Å². The van der Waals surface area contributed by atoms with Crippen molar-refractivity contribution in [1.29, 1.82) is 0 Å². The third-order valence-electron chi connectivity index (χ3n) is 5.85. The van der Waals surface area contributed by atoms with Crippen LogP contribution in [0.1, 0.15) is 47.3 Å². The molecule has 0 atom stereocenters. The van der Waals surface area contributed by atoms with Crippen molar-refractivity contribution in [1.82, 2.24) is 14.9 Å². The first-order chi connectivity index (χ1) is 15.9. The highest BCUT2D eigenvalue weighted by atomic mass is 16.3. The molecular formula is C25H29N5O3. The van der Waals surface area contributed by atoms with E-state index in [0.29, 0.717) is 17.8 Å². The first kappa shape index (κ1) is 22.5. The number of aryl methyl sites for hydroxylation is 2. The molecule has 33 heavy (non-hydrogen) atoms. The number of carbonyl (C=O) groups is 2. The molecule has 0 bridgehead atoms. The van der Waals surface area contributed by atoms with E-state index in [9.17, 15) is 9.59 Å². The van der Waals surface area contributed by atoms with Crippen LogP contribution in [0.15, 0.2) is 53.1 Å². The maximum atomic E-state index is 13.3. The Morgan fingerprint density at radius 2 is 1.82 bits per heavy atom. The Bertz CT molecular complexity index is 1100. The third-order valence-corrected chi connectivity index (χ3v) is 5.85. The highest BCUT2D eigenvalue weighted by Gasteiger charge is 2.30. The number of amides is 2. The van der Waals surface area contributed by atoms with Crippen molar-refractivity contribution in [2.24, 2.45) is 0 Å². The summed E-state index contributed by atoms with van der Waals surface area (Å²) in [4.78, 5) is 38.2. The van der Waals surface area contributed by atoms with Crippen LogP contribution in [0.3, 0.4) is 0 Å². The summed E-state index contributed by atoms with van der Waals surface area (Å²) in [6, 6.07) is 12.5. The molecule has 1 aromatic carbocycles. The number of urea groups is 1. The monoisotopic (exact) mass is 447 g/mol. The zero-order valence-corrected chi connectivity index (χ0v) is 19.2. The molecule has 172 valence electrons. The molecule has 0 aliphatic carbocycles. The van der Waals surface area contributed by atoms with Crippen LogP contribution < -0.4 is 10.2 Å². The van der Waals surface area contributed by atoms with E-state index >= 15 is 0 Å². The molecule has 1 saturated heterocycles. The van der Waals surface area contributed by atoms with Gasteiger partial charge in [0, 0.05) is 41.8 Å². The quantitative estimate of drug-likeness (QED) is 0.556. The first-order valence-electron chi connectivity index (χ1n) is 11.2. The number of aromatic nitrogens is 2. The zero-order chi connectivity index (χ0) is 23.4. The molecule has 1 fully saturated rings. The number of carbonyl (C=O) groups excluding carboxylic acids is 2. The number of rotatable bonds is 6. The molecule has 8 heteroatoms. The average molecular weight is 448 g/mol. The average Bonchev–Trinajstić information content (AvgIpc) is 3.30. The standard InChI is InChI=1S/C25H29N5O3/c1-17-14-18(2)27-24(26-17)29-11-9-22(10-12-29)30(16-23-8-5-13-33-23)25(32)28-21-7-4-6-20(15-21)19(3)31/h4-8,13-15,22H,9-12,16H2,1-3H3,(H,28,32). The Morgan fingerprint density at radius 3 is 2.45 bits per heavy atom. The van der Waals surface area contributed by atoms with Crippen molar-refractivity contribution >= 4 is 23.5 Å². The fraction of sp³-hybridized carbons (Fsp3) is 0.360. The van der Waals surface area contributed by atoms with Crippen LogP contribution in [0.4, 0.5) is 16.4 Å². The lowest BCUT2D eigenvalue weighted by molar-refractivity contribution is 0.101. The Hall–Kier alpha value is -3.68. The van der Waals surface area contributed by atoms with Crippen molar-refractivity contribution < 1.29 is 14.0 Å². The van der Waals surface area contributed by atoms with E-state index in [1.54, 1.807) is 30.5 Å². The predicted molar refractivity (Wildman–Crippen MR) is 126 cm³/mol. The topological polar surface area (TPSA) is 91.6 Å². The Kier molecular flexibility index (Phi) is 6.72. The van der Waals surface area contributed by atoms with Crippen molar-refractivity contribution in [2.45, 2.75) is 46.2 Å². The molecule has 1 N–H and O–H groups in total. The van der Waals surface area contributed by atoms with Crippen LogP contribution in [-0.4, -0.2) is 45.8 Å². The van der Waals surface area contributed by atoms with Crippen LogP contribution in [0.25, 0.3) is 0 Å². The van der Waals surface area contributed by atoms with Gasteiger partial charge >= 0.3 is 6.03 Å². The number of benzene rings is 1. The lowest BCUT2D eigenvalue weighted by Crippen LogP contribution is -2.48. The van der Waals surface area contributed by atoms with E-state index in [4.69, 9.17) is 4.42 Å². The molecule has 1 aliphatic heterocycles. The van der Waals surface area contributed by atoms with Gasteiger partial charge in [0.15, 0.2) is 5.78 Å². The zero-order valence-electron chi connectivity index (χ0n) is 19.2. The molecule has 3 aromatic rings. The summed E-state index contributed by atoms with van der Waals surface area (Å²) in [5.41, 5.74) is 3.06. The molecule has 2 amide bonds. The van der Waals surface area contributed by atoms with Crippen molar-refractivity contribution in [2.75, 3.05) is 23.3 Å². The maximum absolute atomic E-state index is 13.3. The minimum atomic E-state index is -0.215. The molecular weight excluding hydrogens is 418 g/mol. The van der Waals surface area contributed by atoms with Gasteiger partial charge in [-0.1, -0.05) is 12.1 Å². The molecule has 1 aliphatic rings. The predicted octanol–water partition coefficient (Wildman–Crippen LogP) is 4.59. The summed E-state index contributed by atoms with van der Waals surface area (Å²) in [5, 5.41) is 2.96. The molecule has 3 heterocycles. The number of hydrogen-bond donors (Lipinski definition) is 1. The van der Waals surface area contributed by atoms with Gasteiger partial charge < -0.3 is 19.5 Å². The fourth-order valence-corrected chi connectivity index (χ4v) is 4.17. The van der Waals surface area contributed by atoms with E-state index < -0.39 is 0 Å². The molecule has 4 rings (SSSR count). The van der Waals surface area contributed by atoms with Crippen molar-refractivity contribution in [3.8, 4) is 0 Å². The third kappa shape index (κ3) is 5.58. The molecule has 8 nitrogen and oxygen atoms in total. The molecule has 0 spiro atoms. The Labute approximate surface area is 193 Å². The molecule has 0 radical (unpaired) electrons. The number of piperidine rings is 1. The smallest absolute Gasteiger partial charge is 0.322 e. The molecule has 2 aromatic heterocycles. The van der Waals surface area contributed by atoms with Crippen molar-refractivity contribution in [3.05, 3.63) is 71.4 Å². The van der Waals surface area contributed by atoms with Crippen LogP contribution in [0.2, 0.25) is 0 Å². The summed E-state index contributed by atoms with van der Waals surface area (Å²) < 4.78 is 5.53. The number of hydrogen-bond acceptors (Lipinski definition) is 6. The highest BCUT2D eigenvalue weighted by Crippen LogP contribution is 2.24. The van der Waals surface area contributed by atoms with Gasteiger partial charge in [-0.05, 0) is 63.9 Å². The van der Waals surface area contributed by atoms with Gasteiger partial charge in [0.25, 0.3) is 0 Å². The largest absolute Gasteiger partial charge is 0.467 e. The van der Waals surface area contributed by atoms with Crippen LogP contribution >= 0.6 is 0 Å². The Balaban J connectivity index is 1.48. The summed E-state index contributed by atoms with van der Waals surface area (Å²) >= 11 is 0.